The molecule has 1 N–H and O–H groups in total. The Morgan fingerprint density at radius 2 is 1.93 bits per heavy atom. The summed E-state index contributed by atoms with van der Waals surface area (Å²) in [6.07, 6.45) is 0. The molecular weight excluding hydrogens is 394 g/mol. The topological polar surface area (TPSA) is 59.8 Å². The van der Waals surface area contributed by atoms with E-state index in [2.05, 4.69) is 15.5 Å². The van der Waals surface area contributed by atoms with Gasteiger partial charge in [0.2, 0.25) is 0 Å². The van der Waals surface area contributed by atoms with E-state index in [1.165, 1.54) is 36.0 Å². The van der Waals surface area contributed by atoms with Gasteiger partial charge >= 0.3 is 0 Å². The monoisotopic (exact) mass is 408 g/mol. The third-order valence-corrected chi connectivity index (χ3v) is 4.78. The van der Waals surface area contributed by atoms with E-state index in [0.717, 1.165) is 11.8 Å². The van der Waals surface area contributed by atoms with Crippen molar-refractivity contribution in [3.05, 3.63) is 70.5 Å². The molecule has 3 rings (SSSR count). The molecule has 140 valence electrons. The van der Waals surface area contributed by atoms with Gasteiger partial charge < -0.3 is 5.32 Å². The molecule has 5 nitrogen and oxygen atoms in total. The minimum atomic E-state index is -0.706. The summed E-state index contributed by atoms with van der Waals surface area (Å²) in [5.41, 5.74) is 0.431. The molecule has 0 saturated heterocycles. The Bertz CT molecular complexity index is 942. The van der Waals surface area contributed by atoms with Gasteiger partial charge in [0.15, 0.2) is 11.0 Å². The summed E-state index contributed by atoms with van der Waals surface area (Å²) in [6, 6.07) is 9.88. The van der Waals surface area contributed by atoms with Crippen LogP contribution in [0.1, 0.15) is 23.1 Å². The Morgan fingerprint density at radius 1 is 1.19 bits per heavy atom. The highest BCUT2D eigenvalue weighted by Crippen LogP contribution is 2.23. The van der Waals surface area contributed by atoms with Crippen molar-refractivity contribution in [3.8, 4) is 5.69 Å². The smallest absolute Gasteiger partial charge is 0.256 e. The van der Waals surface area contributed by atoms with Crippen LogP contribution in [-0.4, -0.2) is 26.4 Å². The van der Waals surface area contributed by atoms with Crippen molar-refractivity contribution in [2.45, 2.75) is 18.6 Å². The predicted molar refractivity (Wildman–Crippen MR) is 100 cm³/mol. The molecule has 9 heteroatoms. The largest absolute Gasteiger partial charge is 0.345 e. The van der Waals surface area contributed by atoms with Crippen molar-refractivity contribution in [1.82, 2.24) is 20.1 Å². The molecule has 0 bridgehead atoms. The highest BCUT2D eigenvalue weighted by atomic mass is 35.5. The van der Waals surface area contributed by atoms with Gasteiger partial charge in [-0.2, -0.15) is 0 Å². The Hall–Kier alpha value is -2.45. The lowest BCUT2D eigenvalue weighted by Gasteiger charge is -2.11. The number of benzene rings is 2. The van der Waals surface area contributed by atoms with Gasteiger partial charge in [0.05, 0.1) is 17.1 Å². The molecular formula is C18H15ClF2N4OS. The van der Waals surface area contributed by atoms with Gasteiger partial charge in [-0.3, -0.25) is 9.36 Å². The summed E-state index contributed by atoms with van der Waals surface area (Å²) in [4.78, 5) is 12.3. The van der Waals surface area contributed by atoms with Crippen LogP contribution in [-0.2, 0) is 6.54 Å². The highest BCUT2D eigenvalue weighted by molar-refractivity contribution is 7.99. The van der Waals surface area contributed by atoms with Gasteiger partial charge in [0.1, 0.15) is 11.6 Å². The number of hydrogen-bond acceptors (Lipinski definition) is 4. The van der Waals surface area contributed by atoms with Crippen LogP contribution < -0.4 is 5.32 Å². The third-order valence-electron chi connectivity index (χ3n) is 3.66. The molecule has 27 heavy (non-hydrogen) atoms. The molecule has 0 atom stereocenters. The maximum absolute atomic E-state index is 13.9. The quantitative estimate of drug-likeness (QED) is 0.620. The van der Waals surface area contributed by atoms with E-state index in [4.69, 9.17) is 11.6 Å². The summed E-state index contributed by atoms with van der Waals surface area (Å²) in [5.74, 6) is -0.533. The summed E-state index contributed by atoms with van der Waals surface area (Å²) < 4.78 is 28.9. The minimum Gasteiger partial charge on any atom is -0.345 e. The van der Waals surface area contributed by atoms with Crippen LogP contribution in [0.2, 0.25) is 5.02 Å². The molecule has 0 aliphatic carbocycles. The molecule has 0 spiro atoms. The van der Waals surface area contributed by atoms with Crippen LogP contribution in [0.25, 0.3) is 5.69 Å². The molecule has 0 fully saturated rings. The van der Waals surface area contributed by atoms with Gasteiger partial charge in [-0.15, -0.1) is 10.2 Å². The van der Waals surface area contributed by atoms with Crippen molar-refractivity contribution in [2.24, 2.45) is 0 Å². The minimum absolute atomic E-state index is 0.00184. The van der Waals surface area contributed by atoms with Crippen LogP contribution in [0.4, 0.5) is 8.78 Å². The number of carbonyl (C=O) groups excluding carboxylic acids is 1. The molecule has 0 aliphatic heterocycles. The Labute approximate surface area is 163 Å². The second kappa shape index (κ2) is 8.49. The fourth-order valence-corrected chi connectivity index (χ4v) is 3.39. The molecule has 1 heterocycles. The zero-order valence-corrected chi connectivity index (χ0v) is 15.8. The zero-order valence-electron chi connectivity index (χ0n) is 14.2. The first-order valence-corrected chi connectivity index (χ1v) is 9.43. The van der Waals surface area contributed by atoms with Crippen LogP contribution in [0, 0.1) is 11.6 Å². The van der Waals surface area contributed by atoms with Crippen molar-refractivity contribution in [2.75, 3.05) is 5.75 Å². The van der Waals surface area contributed by atoms with Gasteiger partial charge in [0.25, 0.3) is 5.91 Å². The lowest BCUT2D eigenvalue weighted by Crippen LogP contribution is -2.26. The average Bonchev–Trinajstić information content (AvgIpc) is 3.03. The van der Waals surface area contributed by atoms with Crippen LogP contribution in [0.15, 0.2) is 47.6 Å². The Morgan fingerprint density at radius 3 is 2.59 bits per heavy atom. The summed E-state index contributed by atoms with van der Waals surface area (Å²) in [5, 5.41) is 11.5. The van der Waals surface area contributed by atoms with E-state index in [1.54, 1.807) is 16.7 Å². The van der Waals surface area contributed by atoms with E-state index in [-0.39, 0.29) is 22.9 Å². The van der Waals surface area contributed by atoms with E-state index in [0.29, 0.717) is 16.7 Å². The SMILES string of the molecule is CCSc1nnc(CNC(=O)c2c(F)cccc2Cl)n1-c1ccc(F)cc1. The lowest BCUT2D eigenvalue weighted by atomic mass is 10.2. The fraction of sp³-hybridized carbons (Fsp3) is 0.167. The van der Waals surface area contributed by atoms with Gasteiger partial charge in [0, 0.05) is 5.69 Å². The standard InChI is InChI=1S/C18H15ClF2N4OS/c1-2-27-18-24-23-15(25(18)12-8-6-11(20)7-9-12)10-22-17(26)16-13(19)4-3-5-14(16)21/h3-9H,2,10H2,1H3,(H,22,26). The number of nitrogens with zero attached hydrogens (tertiary/aromatic N) is 3. The number of carbonyl (C=O) groups is 1. The molecule has 1 aromatic heterocycles. The third kappa shape index (κ3) is 4.28. The van der Waals surface area contributed by atoms with Crippen molar-refractivity contribution in [3.63, 3.8) is 0 Å². The van der Waals surface area contributed by atoms with E-state index >= 15 is 0 Å². The maximum Gasteiger partial charge on any atom is 0.256 e. The lowest BCUT2D eigenvalue weighted by molar-refractivity contribution is 0.0946. The Kier molecular flexibility index (Phi) is 6.08. The van der Waals surface area contributed by atoms with Crippen LogP contribution >= 0.6 is 23.4 Å². The molecule has 0 unspecified atom stereocenters. The normalized spacial score (nSPS) is 10.8. The van der Waals surface area contributed by atoms with Crippen molar-refractivity contribution >= 4 is 29.3 Å². The number of halogens is 3. The number of amides is 1. The molecule has 0 aliphatic rings. The number of hydrogen-bond donors (Lipinski definition) is 1. The van der Waals surface area contributed by atoms with Crippen molar-refractivity contribution in [1.29, 1.82) is 0 Å². The Balaban J connectivity index is 1.87. The van der Waals surface area contributed by atoms with Crippen LogP contribution in [0.3, 0.4) is 0 Å². The van der Waals surface area contributed by atoms with Gasteiger partial charge in [-0.05, 0) is 42.2 Å². The molecule has 3 aromatic rings. The van der Waals surface area contributed by atoms with E-state index < -0.39 is 11.7 Å². The summed E-state index contributed by atoms with van der Waals surface area (Å²) in [6.45, 7) is 1.97. The number of aromatic nitrogens is 3. The van der Waals surface area contributed by atoms with E-state index in [9.17, 15) is 13.6 Å². The van der Waals surface area contributed by atoms with Crippen molar-refractivity contribution < 1.29 is 13.6 Å². The number of thioether (sulfide) groups is 1. The first-order valence-electron chi connectivity index (χ1n) is 8.06. The fourth-order valence-electron chi connectivity index (χ4n) is 2.45. The second-order valence-corrected chi connectivity index (χ2v) is 7.06. The molecule has 2 aromatic carbocycles. The molecule has 0 saturated carbocycles. The van der Waals surface area contributed by atoms with Crippen LogP contribution in [0.5, 0.6) is 0 Å². The first kappa shape index (κ1) is 19.3. The van der Waals surface area contributed by atoms with E-state index in [1.807, 2.05) is 6.92 Å². The average molecular weight is 409 g/mol. The zero-order chi connectivity index (χ0) is 19.4. The maximum atomic E-state index is 13.9. The molecule has 0 radical (unpaired) electrons. The second-order valence-electron chi connectivity index (χ2n) is 5.42. The highest BCUT2D eigenvalue weighted by Gasteiger charge is 2.18. The molecule has 1 amide bonds. The van der Waals surface area contributed by atoms with Gasteiger partial charge in [-0.25, -0.2) is 8.78 Å². The number of nitrogens with one attached hydrogen (secondary N) is 1. The summed E-state index contributed by atoms with van der Waals surface area (Å²) in [7, 11) is 0. The first-order chi connectivity index (χ1) is 13.0. The number of rotatable bonds is 6. The predicted octanol–water partition coefficient (Wildman–Crippen LogP) is 4.24. The van der Waals surface area contributed by atoms with Gasteiger partial charge in [-0.1, -0.05) is 36.4 Å². The summed E-state index contributed by atoms with van der Waals surface area (Å²) >= 11 is 7.38.